The predicted octanol–water partition coefficient (Wildman–Crippen LogP) is 3.01. The second-order valence-electron chi connectivity index (χ2n) is 5.78. The molecule has 4 heteroatoms. The Morgan fingerprint density at radius 2 is 2.15 bits per heavy atom. The van der Waals surface area contributed by atoms with Crippen LogP contribution in [0.5, 0.6) is 5.75 Å². The highest BCUT2D eigenvalue weighted by atomic mass is 16.5. The first kappa shape index (κ1) is 15.1. The van der Waals surface area contributed by atoms with Gasteiger partial charge in [-0.15, -0.1) is 0 Å². The van der Waals surface area contributed by atoms with E-state index in [4.69, 9.17) is 4.74 Å². The molecule has 1 aliphatic rings. The number of ether oxygens (including phenoxy) is 1. The topological polar surface area (TPSA) is 37.4 Å². The van der Waals surface area contributed by atoms with E-state index in [0.717, 1.165) is 24.0 Å². The van der Waals surface area contributed by atoms with E-state index in [0.29, 0.717) is 0 Å². The maximum Gasteiger partial charge on any atom is 0.168 e. The minimum atomic E-state index is 0.174. The van der Waals surface area contributed by atoms with Crippen molar-refractivity contribution in [2.24, 2.45) is 5.92 Å². The zero-order chi connectivity index (χ0) is 14.4. The van der Waals surface area contributed by atoms with Crippen LogP contribution in [-0.4, -0.2) is 42.2 Å². The predicted molar refractivity (Wildman–Crippen MR) is 83.3 cm³/mol. The highest BCUT2D eigenvalue weighted by Crippen LogP contribution is 2.24. The summed E-state index contributed by atoms with van der Waals surface area (Å²) in [4.78, 5) is 6.92. The van der Waals surface area contributed by atoms with Crippen LogP contribution in [0.1, 0.15) is 33.6 Å². The molecule has 2 rings (SSSR count). The molecule has 20 heavy (non-hydrogen) atoms. The van der Waals surface area contributed by atoms with E-state index >= 15 is 0 Å². The van der Waals surface area contributed by atoms with Gasteiger partial charge in [-0.25, -0.2) is 4.98 Å². The zero-order valence-corrected chi connectivity index (χ0v) is 12.9. The molecule has 2 heterocycles. The molecule has 0 aliphatic carbocycles. The van der Waals surface area contributed by atoms with Crippen molar-refractivity contribution in [1.29, 1.82) is 0 Å². The summed E-state index contributed by atoms with van der Waals surface area (Å²) in [7, 11) is 0. The second-order valence-corrected chi connectivity index (χ2v) is 5.78. The lowest BCUT2D eigenvalue weighted by Gasteiger charge is -2.31. The van der Waals surface area contributed by atoms with Gasteiger partial charge in [-0.05, 0) is 64.4 Å². The monoisotopic (exact) mass is 277 g/mol. The first-order chi connectivity index (χ1) is 9.69. The summed E-state index contributed by atoms with van der Waals surface area (Å²) in [6, 6.07) is 3.90. The molecular weight excluding hydrogens is 250 g/mol. The highest BCUT2D eigenvalue weighted by Gasteiger charge is 2.18. The van der Waals surface area contributed by atoms with Crippen molar-refractivity contribution in [2.75, 3.05) is 31.5 Å². The number of nitrogens with one attached hydrogen (secondary N) is 1. The Morgan fingerprint density at radius 3 is 2.80 bits per heavy atom. The van der Waals surface area contributed by atoms with Crippen LogP contribution in [0.4, 0.5) is 5.82 Å². The van der Waals surface area contributed by atoms with Crippen molar-refractivity contribution in [3.8, 4) is 5.75 Å². The van der Waals surface area contributed by atoms with Crippen molar-refractivity contribution >= 4 is 5.82 Å². The van der Waals surface area contributed by atoms with Crippen molar-refractivity contribution in [2.45, 2.75) is 39.7 Å². The fourth-order valence-corrected chi connectivity index (χ4v) is 2.62. The van der Waals surface area contributed by atoms with E-state index in [-0.39, 0.29) is 6.10 Å². The molecule has 4 nitrogen and oxygen atoms in total. The number of hydrogen-bond acceptors (Lipinski definition) is 4. The molecule has 1 aromatic heterocycles. The van der Waals surface area contributed by atoms with Gasteiger partial charge in [0.1, 0.15) is 0 Å². The summed E-state index contributed by atoms with van der Waals surface area (Å²) in [6.45, 7) is 10.9. The Kier molecular flexibility index (Phi) is 5.65. The molecule has 0 spiro atoms. The summed E-state index contributed by atoms with van der Waals surface area (Å²) in [5.74, 6) is 2.47. The highest BCUT2D eigenvalue weighted by molar-refractivity contribution is 5.49. The zero-order valence-electron chi connectivity index (χ0n) is 12.9. The summed E-state index contributed by atoms with van der Waals surface area (Å²) in [5, 5.41) is 3.47. The molecule has 0 atom stereocenters. The van der Waals surface area contributed by atoms with E-state index in [2.05, 4.69) is 22.1 Å². The molecule has 1 N–H and O–H groups in total. The van der Waals surface area contributed by atoms with Gasteiger partial charge in [0.15, 0.2) is 11.6 Å². The molecule has 1 aromatic rings. The van der Waals surface area contributed by atoms with Crippen molar-refractivity contribution < 1.29 is 4.74 Å². The quantitative estimate of drug-likeness (QED) is 0.867. The normalized spacial score (nSPS) is 17.4. The third kappa shape index (κ3) is 4.37. The number of anilines is 1. The van der Waals surface area contributed by atoms with Gasteiger partial charge >= 0.3 is 0 Å². The Hall–Kier alpha value is -1.29. The van der Waals surface area contributed by atoms with E-state index in [1.54, 1.807) is 0 Å². The maximum absolute atomic E-state index is 5.79. The first-order valence-electron chi connectivity index (χ1n) is 7.77. The molecular formula is C16H27N3O. The van der Waals surface area contributed by atoms with Crippen LogP contribution in [0.3, 0.4) is 0 Å². The van der Waals surface area contributed by atoms with E-state index < -0.39 is 0 Å². The number of likely N-dealkylation sites (tertiary alicyclic amines) is 1. The summed E-state index contributed by atoms with van der Waals surface area (Å²) >= 11 is 0. The molecule has 0 radical (unpaired) electrons. The number of aromatic nitrogens is 1. The van der Waals surface area contributed by atoms with Crippen LogP contribution in [0.2, 0.25) is 0 Å². The number of pyridine rings is 1. The smallest absolute Gasteiger partial charge is 0.168 e. The fraction of sp³-hybridized carbons (Fsp3) is 0.688. The average Bonchev–Trinajstić information content (AvgIpc) is 2.46. The van der Waals surface area contributed by atoms with E-state index in [1.807, 2.05) is 32.2 Å². The van der Waals surface area contributed by atoms with Crippen molar-refractivity contribution in [3.05, 3.63) is 18.3 Å². The minimum Gasteiger partial charge on any atom is -0.487 e. The lowest BCUT2D eigenvalue weighted by atomic mass is 9.97. The SMILES string of the molecule is CCN1CCC(CNc2ncccc2OC(C)C)CC1. The van der Waals surface area contributed by atoms with Gasteiger partial charge in [-0.2, -0.15) is 0 Å². The van der Waals surface area contributed by atoms with Crippen molar-refractivity contribution in [1.82, 2.24) is 9.88 Å². The number of rotatable bonds is 6. The maximum atomic E-state index is 5.79. The van der Waals surface area contributed by atoms with Gasteiger partial charge in [0, 0.05) is 12.7 Å². The molecule has 0 aromatic carbocycles. The lowest BCUT2D eigenvalue weighted by Crippen LogP contribution is -2.35. The number of piperidine rings is 1. The third-order valence-corrected chi connectivity index (χ3v) is 3.85. The van der Waals surface area contributed by atoms with Crippen LogP contribution in [0.15, 0.2) is 18.3 Å². The number of nitrogens with zero attached hydrogens (tertiary/aromatic N) is 2. The van der Waals surface area contributed by atoms with Crippen LogP contribution in [-0.2, 0) is 0 Å². The van der Waals surface area contributed by atoms with Crippen LogP contribution in [0, 0.1) is 5.92 Å². The van der Waals surface area contributed by atoms with Gasteiger partial charge in [-0.3, -0.25) is 0 Å². The molecule has 112 valence electrons. The Morgan fingerprint density at radius 1 is 1.40 bits per heavy atom. The standard InChI is InChI=1S/C16H27N3O/c1-4-19-10-7-14(8-11-19)12-18-16-15(20-13(2)3)6-5-9-17-16/h5-6,9,13-14H,4,7-8,10-12H2,1-3H3,(H,17,18). The Bertz CT molecular complexity index is 400. The lowest BCUT2D eigenvalue weighted by molar-refractivity contribution is 0.198. The fourth-order valence-electron chi connectivity index (χ4n) is 2.62. The molecule has 0 amide bonds. The van der Waals surface area contributed by atoms with Crippen LogP contribution < -0.4 is 10.1 Å². The Balaban J connectivity index is 1.85. The summed E-state index contributed by atoms with van der Waals surface area (Å²) < 4.78 is 5.79. The van der Waals surface area contributed by atoms with Gasteiger partial charge in [0.2, 0.25) is 0 Å². The Labute approximate surface area is 122 Å². The average molecular weight is 277 g/mol. The van der Waals surface area contributed by atoms with Gasteiger partial charge in [0.05, 0.1) is 6.10 Å². The molecule has 1 aliphatic heterocycles. The van der Waals surface area contributed by atoms with Crippen molar-refractivity contribution in [3.63, 3.8) is 0 Å². The molecule has 0 bridgehead atoms. The molecule has 0 unspecified atom stereocenters. The van der Waals surface area contributed by atoms with E-state index in [9.17, 15) is 0 Å². The molecule has 1 saturated heterocycles. The third-order valence-electron chi connectivity index (χ3n) is 3.85. The van der Waals surface area contributed by atoms with Gasteiger partial charge in [-0.1, -0.05) is 6.92 Å². The summed E-state index contributed by atoms with van der Waals surface area (Å²) in [6.07, 6.45) is 4.53. The van der Waals surface area contributed by atoms with E-state index in [1.165, 1.54) is 32.5 Å². The minimum absolute atomic E-state index is 0.174. The number of hydrogen-bond donors (Lipinski definition) is 1. The summed E-state index contributed by atoms with van der Waals surface area (Å²) in [5.41, 5.74) is 0. The molecule has 0 saturated carbocycles. The van der Waals surface area contributed by atoms with Gasteiger partial charge < -0.3 is 15.0 Å². The largest absolute Gasteiger partial charge is 0.487 e. The second kappa shape index (κ2) is 7.48. The first-order valence-corrected chi connectivity index (χ1v) is 7.77. The van der Waals surface area contributed by atoms with Crippen LogP contribution in [0.25, 0.3) is 0 Å². The van der Waals surface area contributed by atoms with Gasteiger partial charge in [0.25, 0.3) is 0 Å². The van der Waals surface area contributed by atoms with Crippen LogP contribution >= 0.6 is 0 Å². The molecule has 1 fully saturated rings.